The van der Waals surface area contributed by atoms with Gasteiger partial charge in [0.05, 0.1) is 12.1 Å². The van der Waals surface area contributed by atoms with Crippen molar-refractivity contribution >= 4 is 11.6 Å². The largest absolute Gasteiger partial charge is 0.495 e. The monoisotopic (exact) mass is 283 g/mol. The Morgan fingerprint density at radius 1 is 1.42 bits per heavy atom. The zero-order valence-electron chi connectivity index (χ0n) is 11.6. The van der Waals surface area contributed by atoms with Crippen LogP contribution in [-0.4, -0.2) is 36.3 Å². The first-order valence-corrected chi connectivity index (χ1v) is 7.19. The van der Waals surface area contributed by atoms with E-state index in [1.54, 1.807) is 7.11 Å². The van der Waals surface area contributed by atoms with Crippen LogP contribution in [0.15, 0.2) is 18.2 Å². The zero-order chi connectivity index (χ0) is 13.8. The van der Waals surface area contributed by atoms with E-state index in [2.05, 4.69) is 17.9 Å². The molecule has 1 heterocycles. The number of piperidine rings is 1. The molecule has 1 saturated heterocycles. The fourth-order valence-electron chi connectivity index (χ4n) is 2.67. The van der Waals surface area contributed by atoms with E-state index in [0.717, 1.165) is 25.9 Å². The summed E-state index contributed by atoms with van der Waals surface area (Å²) in [4.78, 5) is 2.42. The second-order valence-electron chi connectivity index (χ2n) is 5.37. The summed E-state index contributed by atoms with van der Waals surface area (Å²) >= 11 is 6.16. The molecule has 1 fully saturated rings. The van der Waals surface area contributed by atoms with E-state index in [1.807, 2.05) is 12.1 Å². The first kappa shape index (κ1) is 14.6. The van der Waals surface area contributed by atoms with Crippen molar-refractivity contribution in [1.29, 1.82) is 0 Å². The summed E-state index contributed by atoms with van der Waals surface area (Å²) in [6.45, 7) is 4.37. The summed E-state index contributed by atoms with van der Waals surface area (Å²) in [5.41, 5.74) is 1.19. The van der Waals surface area contributed by atoms with Crippen molar-refractivity contribution in [3.63, 3.8) is 0 Å². The van der Waals surface area contributed by atoms with Gasteiger partial charge in [-0.15, -0.1) is 0 Å². The Labute approximate surface area is 120 Å². The number of benzene rings is 1. The molecule has 1 aromatic rings. The highest BCUT2D eigenvalue weighted by molar-refractivity contribution is 6.32. The molecule has 2 unspecified atom stereocenters. The Morgan fingerprint density at radius 2 is 2.21 bits per heavy atom. The molecule has 1 N–H and O–H groups in total. The van der Waals surface area contributed by atoms with E-state index >= 15 is 0 Å². The van der Waals surface area contributed by atoms with Crippen LogP contribution < -0.4 is 4.74 Å². The minimum absolute atomic E-state index is 0.284. The summed E-state index contributed by atoms with van der Waals surface area (Å²) < 4.78 is 5.17. The van der Waals surface area contributed by atoms with Crippen LogP contribution in [0.25, 0.3) is 0 Å². The maximum Gasteiger partial charge on any atom is 0.137 e. The number of ether oxygens (including phenoxy) is 1. The van der Waals surface area contributed by atoms with Gasteiger partial charge < -0.3 is 9.84 Å². The zero-order valence-corrected chi connectivity index (χ0v) is 12.4. The smallest absolute Gasteiger partial charge is 0.137 e. The molecule has 2 atom stereocenters. The van der Waals surface area contributed by atoms with E-state index in [1.165, 1.54) is 5.56 Å². The van der Waals surface area contributed by atoms with E-state index < -0.39 is 0 Å². The fraction of sp³-hybridized carbons (Fsp3) is 0.600. The Morgan fingerprint density at radius 3 is 2.84 bits per heavy atom. The molecule has 106 valence electrons. The lowest BCUT2D eigenvalue weighted by molar-refractivity contribution is 0.0771. The Balaban J connectivity index is 2.05. The van der Waals surface area contributed by atoms with Gasteiger partial charge in [-0.2, -0.15) is 0 Å². The Bertz CT molecular complexity index is 425. The van der Waals surface area contributed by atoms with Crippen LogP contribution in [0.5, 0.6) is 5.75 Å². The van der Waals surface area contributed by atoms with Gasteiger partial charge in [-0.3, -0.25) is 4.90 Å². The predicted octanol–water partition coefficient (Wildman–Crippen LogP) is 2.94. The number of aliphatic hydroxyl groups is 1. The first-order valence-electron chi connectivity index (χ1n) is 6.81. The SMILES string of the molecule is COc1ccc(CN2CC(CO)CCC2C)cc1Cl. The molecule has 19 heavy (non-hydrogen) atoms. The summed E-state index contributed by atoms with van der Waals surface area (Å²) in [7, 11) is 1.62. The van der Waals surface area contributed by atoms with Gasteiger partial charge in [0.1, 0.15) is 5.75 Å². The van der Waals surface area contributed by atoms with Gasteiger partial charge in [0.15, 0.2) is 0 Å². The van der Waals surface area contributed by atoms with Gasteiger partial charge in [-0.05, 0) is 43.4 Å². The average molecular weight is 284 g/mol. The standard InChI is InChI=1S/C15H22ClNO2/c1-11-3-4-13(10-18)9-17(11)8-12-5-6-15(19-2)14(16)7-12/h5-7,11,13,18H,3-4,8-10H2,1-2H3. The van der Waals surface area contributed by atoms with Crippen LogP contribution in [0.4, 0.5) is 0 Å². The van der Waals surface area contributed by atoms with Crippen molar-refractivity contribution in [2.24, 2.45) is 5.92 Å². The number of halogens is 1. The molecule has 1 aromatic carbocycles. The van der Waals surface area contributed by atoms with Crippen LogP contribution in [0, 0.1) is 5.92 Å². The number of aliphatic hydroxyl groups excluding tert-OH is 1. The molecule has 0 saturated carbocycles. The van der Waals surface area contributed by atoms with Crippen molar-refractivity contribution in [3.05, 3.63) is 28.8 Å². The lowest BCUT2D eigenvalue weighted by Gasteiger charge is -2.37. The van der Waals surface area contributed by atoms with Crippen molar-refractivity contribution in [2.75, 3.05) is 20.3 Å². The third-order valence-corrected chi connectivity index (χ3v) is 4.26. The molecule has 2 rings (SSSR count). The fourth-order valence-corrected chi connectivity index (χ4v) is 2.95. The van der Waals surface area contributed by atoms with Crippen LogP contribution in [0.1, 0.15) is 25.3 Å². The summed E-state index contributed by atoms with van der Waals surface area (Å²) in [5.74, 6) is 1.12. The van der Waals surface area contributed by atoms with Gasteiger partial charge in [-0.25, -0.2) is 0 Å². The highest BCUT2D eigenvalue weighted by atomic mass is 35.5. The maximum absolute atomic E-state index is 9.31. The minimum atomic E-state index is 0.284. The number of rotatable bonds is 4. The summed E-state index contributed by atoms with van der Waals surface area (Å²) in [5, 5.41) is 9.97. The molecule has 0 bridgehead atoms. The van der Waals surface area contributed by atoms with E-state index in [9.17, 15) is 5.11 Å². The second kappa shape index (κ2) is 6.60. The van der Waals surface area contributed by atoms with Crippen LogP contribution >= 0.6 is 11.6 Å². The third-order valence-electron chi connectivity index (χ3n) is 3.97. The number of hydrogen-bond donors (Lipinski definition) is 1. The molecule has 4 heteroatoms. The molecule has 0 radical (unpaired) electrons. The number of methoxy groups -OCH3 is 1. The number of nitrogens with zero attached hydrogens (tertiary/aromatic N) is 1. The topological polar surface area (TPSA) is 32.7 Å². The molecular weight excluding hydrogens is 262 g/mol. The van der Waals surface area contributed by atoms with Crippen molar-refractivity contribution in [3.8, 4) is 5.75 Å². The lowest BCUT2D eigenvalue weighted by atomic mass is 9.93. The molecule has 1 aliphatic rings. The molecule has 0 amide bonds. The van der Waals surface area contributed by atoms with Gasteiger partial charge >= 0.3 is 0 Å². The number of hydrogen-bond acceptors (Lipinski definition) is 3. The minimum Gasteiger partial charge on any atom is -0.495 e. The highest BCUT2D eigenvalue weighted by Crippen LogP contribution is 2.28. The number of likely N-dealkylation sites (tertiary alicyclic amines) is 1. The second-order valence-corrected chi connectivity index (χ2v) is 5.78. The normalized spacial score (nSPS) is 24.4. The predicted molar refractivity (Wildman–Crippen MR) is 77.7 cm³/mol. The molecule has 0 aromatic heterocycles. The summed E-state index contributed by atoms with van der Waals surface area (Å²) in [6.07, 6.45) is 2.27. The quantitative estimate of drug-likeness (QED) is 0.922. The van der Waals surface area contributed by atoms with Crippen molar-refractivity contribution in [1.82, 2.24) is 4.90 Å². The van der Waals surface area contributed by atoms with Gasteiger partial charge in [-0.1, -0.05) is 17.7 Å². The van der Waals surface area contributed by atoms with E-state index in [-0.39, 0.29) is 6.61 Å². The van der Waals surface area contributed by atoms with Gasteiger partial charge in [0, 0.05) is 25.7 Å². The highest BCUT2D eigenvalue weighted by Gasteiger charge is 2.24. The lowest BCUT2D eigenvalue weighted by Crippen LogP contribution is -2.42. The van der Waals surface area contributed by atoms with Crippen molar-refractivity contribution < 1.29 is 9.84 Å². The average Bonchev–Trinajstić information content (AvgIpc) is 2.41. The van der Waals surface area contributed by atoms with Gasteiger partial charge in [0.25, 0.3) is 0 Å². The van der Waals surface area contributed by atoms with Crippen LogP contribution in [0.3, 0.4) is 0 Å². The molecule has 3 nitrogen and oxygen atoms in total. The van der Waals surface area contributed by atoms with Crippen LogP contribution in [-0.2, 0) is 6.54 Å². The van der Waals surface area contributed by atoms with Crippen LogP contribution in [0.2, 0.25) is 5.02 Å². The summed E-state index contributed by atoms with van der Waals surface area (Å²) in [6, 6.07) is 6.49. The van der Waals surface area contributed by atoms with E-state index in [0.29, 0.717) is 22.7 Å². The Kier molecular flexibility index (Phi) is 5.08. The first-order chi connectivity index (χ1) is 9.13. The Hall–Kier alpha value is -0.770. The van der Waals surface area contributed by atoms with E-state index in [4.69, 9.17) is 16.3 Å². The molecule has 0 spiro atoms. The molecular formula is C15H22ClNO2. The molecule has 0 aliphatic carbocycles. The third kappa shape index (κ3) is 3.62. The van der Waals surface area contributed by atoms with Crippen molar-refractivity contribution in [2.45, 2.75) is 32.4 Å². The van der Waals surface area contributed by atoms with Gasteiger partial charge in [0.2, 0.25) is 0 Å². The molecule has 1 aliphatic heterocycles. The maximum atomic E-state index is 9.31.